The smallest absolute Gasteiger partial charge is 0.174 e. The van der Waals surface area contributed by atoms with Crippen LogP contribution >= 0.6 is 12.2 Å². The van der Waals surface area contributed by atoms with Crippen molar-refractivity contribution >= 4 is 23.0 Å². The highest BCUT2D eigenvalue weighted by atomic mass is 32.1. The Bertz CT molecular complexity index is 1360. The summed E-state index contributed by atoms with van der Waals surface area (Å²) in [6.07, 6.45) is 3.67. The van der Waals surface area contributed by atoms with Crippen molar-refractivity contribution in [2.45, 2.75) is 39.8 Å². The highest BCUT2D eigenvalue weighted by Gasteiger charge is 2.42. The summed E-state index contributed by atoms with van der Waals surface area (Å²) in [7, 11) is 0. The lowest BCUT2D eigenvalue weighted by Crippen LogP contribution is -2.29. The van der Waals surface area contributed by atoms with Gasteiger partial charge >= 0.3 is 0 Å². The first-order valence-corrected chi connectivity index (χ1v) is 11.6. The Balaban J connectivity index is 1.68. The van der Waals surface area contributed by atoms with E-state index >= 15 is 0 Å². The van der Waals surface area contributed by atoms with Gasteiger partial charge in [-0.3, -0.25) is 4.98 Å². The molecule has 7 heteroatoms. The van der Waals surface area contributed by atoms with Crippen LogP contribution < -0.4 is 10.2 Å². The van der Waals surface area contributed by atoms with Crippen molar-refractivity contribution in [3.8, 4) is 5.82 Å². The summed E-state index contributed by atoms with van der Waals surface area (Å²) in [4.78, 5) is 11.4. The van der Waals surface area contributed by atoms with Crippen LogP contribution in [-0.4, -0.2) is 19.6 Å². The van der Waals surface area contributed by atoms with Crippen molar-refractivity contribution in [2.75, 3.05) is 4.90 Å². The number of halogens is 1. The lowest BCUT2D eigenvalue weighted by molar-refractivity contribution is 0.564. The summed E-state index contributed by atoms with van der Waals surface area (Å²) in [6.45, 7) is 7.99. The molecule has 2 atom stereocenters. The topological polar surface area (TPSA) is 46.0 Å². The molecular weight excluding hydrogens is 445 g/mol. The minimum atomic E-state index is -0.233. The number of thiocarbonyl (C=S) groups is 1. The Morgan fingerprint density at radius 1 is 0.971 bits per heavy atom. The van der Waals surface area contributed by atoms with Gasteiger partial charge in [-0.2, -0.15) is 0 Å². The third kappa shape index (κ3) is 3.76. The largest absolute Gasteiger partial charge is 0.351 e. The van der Waals surface area contributed by atoms with Crippen molar-refractivity contribution in [3.05, 3.63) is 107 Å². The first-order chi connectivity index (χ1) is 16.3. The van der Waals surface area contributed by atoms with Crippen molar-refractivity contribution in [1.29, 1.82) is 0 Å². The third-order valence-electron chi connectivity index (χ3n) is 6.43. The van der Waals surface area contributed by atoms with Crippen molar-refractivity contribution < 1.29 is 4.39 Å². The molecule has 1 aliphatic rings. The molecule has 4 aromatic rings. The Hall–Kier alpha value is -3.58. The highest BCUT2D eigenvalue weighted by molar-refractivity contribution is 7.80. The van der Waals surface area contributed by atoms with Crippen LogP contribution in [0.4, 0.5) is 10.1 Å². The molecular formula is C27H26FN5S. The van der Waals surface area contributed by atoms with Gasteiger partial charge in [0.05, 0.1) is 17.8 Å². The van der Waals surface area contributed by atoms with Gasteiger partial charge in [-0.1, -0.05) is 12.1 Å². The first kappa shape index (κ1) is 22.2. The number of aromatic nitrogens is 3. The fourth-order valence-electron chi connectivity index (χ4n) is 4.76. The molecule has 0 amide bonds. The Morgan fingerprint density at radius 2 is 1.79 bits per heavy atom. The number of hydrogen-bond donors (Lipinski definition) is 1. The predicted molar refractivity (Wildman–Crippen MR) is 137 cm³/mol. The second kappa shape index (κ2) is 8.65. The maximum atomic E-state index is 14.1. The van der Waals surface area contributed by atoms with Gasteiger partial charge in [0.15, 0.2) is 5.11 Å². The number of aryl methyl sites for hydroxylation is 3. The molecule has 0 spiro atoms. The molecule has 0 saturated carbocycles. The fourth-order valence-corrected chi connectivity index (χ4v) is 5.11. The molecule has 0 bridgehead atoms. The maximum Gasteiger partial charge on any atom is 0.174 e. The number of nitrogens with one attached hydrogen (secondary N) is 1. The number of rotatable bonds is 4. The van der Waals surface area contributed by atoms with Crippen LogP contribution in [0.2, 0.25) is 0 Å². The van der Waals surface area contributed by atoms with E-state index in [0.29, 0.717) is 10.7 Å². The molecule has 1 saturated heterocycles. The van der Waals surface area contributed by atoms with E-state index in [1.165, 1.54) is 6.07 Å². The minimum absolute atomic E-state index is 0.168. The average molecular weight is 472 g/mol. The summed E-state index contributed by atoms with van der Waals surface area (Å²) in [5, 5.41) is 4.07. The Morgan fingerprint density at radius 3 is 2.47 bits per heavy atom. The summed E-state index contributed by atoms with van der Waals surface area (Å²) < 4.78 is 16.3. The van der Waals surface area contributed by atoms with Gasteiger partial charge < -0.3 is 14.8 Å². The van der Waals surface area contributed by atoms with Crippen molar-refractivity contribution in [3.63, 3.8) is 0 Å². The van der Waals surface area contributed by atoms with Gasteiger partial charge in [-0.15, -0.1) is 0 Å². The Kier molecular flexibility index (Phi) is 5.65. The van der Waals surface area contributed by atoms with E-state index in [-0.39, 0.29) is 17.9 Å². The van der Waals surface area contributed by atoms with Crippen LogP contribution in [0, 0.1) is 33.5 Å². The van der Waals surface area contributed by atoms with E-state index in [9.17, 15) is 4.39 Å². The third-order valence-corrected chi connectivity index (χ3v) is 6.75. The van der Waals surface area contributed by atoms with Gasteiger partial charge in [0.2, 0.25) is 0 Å². The molecule has 172 valence electrons. The molecule has 3 aromatic heterocycles. The SMILES string of the molecule is Cc1ccc(-n2c(C)cc([C@@H]3[C@@H](c4ccccn4)NC(=S)N3c3ccc(F)c(C)c3)c2C)nc1. The highest BCUT2D eigenvalue weighted by Crippen LogP contribution is 2.43. The average Bonchev–Trinajstić information content (AvgIpc) is 3.32. The summed E-state index contributed by atoms with van der Waals surface area (Å²) in [5.41, 5.74) is 6.71. The molecule has 4 heterocycles. The Labute approximate surface area is 204 Å². The van der Waals surface area contributed by atoms with Crippen LogP contribution in [0.25, 0.3) is 5.82 Å². The molecule has 1 N–H and O–H groups in total. The summed E-state index contributed by atoms with van der Waals surface area (Å²) in [5.74, 6) is 0.641. The number of hydrogen-bond acceptors (Lipinski definition) is 3. The number of benzene rings is 1. The number of anilines is 1. The standard InChI is InChI=1S/C27H26FN5S/c1-16-8-11-24(30-15-16)32-18(3)14-21(19(32)4)26-25(23-7-5-6-12-29-23)31-27(34)33(26)20-9-10-22(28)17(2)13-20/h5-15,25-26H,1-4H3,(H,31,34)/t25-,26-/m1/s1. The van der Waals surface area contributed by atoms with Crippen LogP contribution in [0.15, 0.2) is 67.0 Å². The quantitative estimate of drug-likeness (QED) is 0.380. The molecule has 34 heavy (non-hydrogen) atoms. The minimum Gasteiger partial charge on any atom is -0.351 e. The first-order valence-electron chi connectivity index (χ1n) is 11.2. The number of nitrogens with zero attached hydrogens (tertiary/aromatic N) is 4. The van der Waals surface area contributed by atoms with Gasteiger partial charge in [-0.25, -0.2) is 9.37 Å². The summed E-state index contributed by atoms with van der Waals surface area (Å²) >= 11 is 5.82. The van der Waals surface area contributed by atoms with Crippen LogP contribution in [0.5, 0.6) is 0 Å². The maximum absolute atomic E-state index is 14.1. The fraction of sp³-hybridized carbons (Fsp3) is 0.222. The normalized spacial score (nSPS) is 17.8. The molecule has 0 unspecified atom stereocenters. The zero-order valence-corrected chi connectivity index (χ0v) is 20.4. The molecule has 1 aromatic carbocycles. The zero-order valence-electron chi connectivity index (χ0n) is 19.6. The zero-order chi connectivity index (χ0) is 24.0. The van der Waals surface area contributed by atoms with E-state index < -0.39 is 0 Å². The van der Waals surface area contributed by atoms with Crippen molar-refractivity contribution in [1.82, 2.24) is 19.9 Å². The van der Waals surface area contributed by atoms with Crippen LogP contribution in [0.1, 0.15) is 45.9 Å². The van der Waals surface area contributed by atoms with Gasteiger partial charge in [0.1, 0.15) is 11.6 Å². The molecule has 5 rings (SSSR count). The van der Waals surface area contributed by atoms with Gasteiger partial charge in [0.25, 0.3) is 0 Å². The molecule has 0 aliphatic carbocycles. The van der Waals surface area contributed by atoms with E-state index in [2.05, 4.69) is 50.7 Å². The van der Waals surface area contributed by atoms with Gasteiger partial charge in [0, 0.05) is 29.5 Å². The van der Waals surface area contributed by atoms with Crippen LogP contribution in [0.3, 0.4) is 0 Å². The molecule has 0 radical (unpaired) electrons. The number of pyridine rings is 2. The van der Waals surface area contributed by atoms with Gasteiger partial charge in [-0.05, 0) is 99.1 Å². The van der Waals surface area contributed by atoms with E-state index in [1.807, 2.05) is 43.5 Å². The van der Waals surface area contributed by atoms with Crippen LogP contribution in [-0.2, 0) is 0 Å². The lowest BCUT2D eigenvalue weighted by atomic mass is 9.96. The second-order valence-corrected chi connectivity index (χ2v) is 9.17. The molecule has 1 aliphatic heterocycles. The lowest BCUT2D eigenvalue weighted by Gasteiger charge is -2.28. The summed E-state index contributed by atoms with van der Waals surface area (Å²) in [6, 6.07) is 17.0. The predicted octanol–water partition coefficient (Wildman–Crippen LogP) is 5.82. The molecule has 5 nitrogen and oxygen atoms in total. The van der Waals surface area contributed by atoms with E-state index in [0.717, 1.165) is 39.7 Å². The van der Waals surface area contributed by atoms with E-state index in [4.69, 9.17) is 12.2 Å². The van der Waals surface area contributed by atoms with Crippen molar-refractivity contribution in [2.24, 2.45) is 0 Å². The second-order valence-electron chi connectivity index (χ2n) is 8.79. The molecule has 1 fully saturated rings. The van der Waals surface area contributed by atoms with E-state index in [1.54, 1.807) is 19.2 Å². The monoisotopic (exact) mass is 471 g/mol.